The van der Waals surface area contributed by atoms with Crippen LogP contribution in [0.1, 0.15) is 22.0 Å². The van der Waals surface area contributed by atoms with Crippen LogP contribution in [-0.2, 0) is 16.0 Å². The van der Waals surface area contributed by atoms with Crippen LogP contribution < -0.4 is 5.32 Å². The van der Waals surface area contributed by atoms with Crippen LogP contribution in [-0.4, -0.2) is 23.3 Å². The molecule has 1 N–H and O–H groups in total. The van der Waals surface area contributed by atoms with Gasteiger partial charge in [0.1, 0.15) is 12.4 Å². The molecular formula is C25H19FN2O2S. The highest BCUT2D eigenvalue weighted by Gasteiger charge is 2.34. The van der Waals surface area contributed by atoms with E-state index in [4.69, 9.17) is 0 Å². The minimum absolute atomic E-state index is 0.0948. The van der Waals surface area contributed by atoms with Crippen molar-refractivity contribution >= 4 is 39.6 Å². The number of amides is 2. The van der Waals surface area contributed by atoms with Crippen molar-refractivity contribution in [1.29, 1.82) is 0 Å². The zero-order chi connectivity index (χ0) is 21.4. The summed E-state index contributed by atoms with van der Waals surface area (Å²) in [6, 6.07) is 21.4. The monoisotopic (exact) mass is 430 g/mol. The molecule has 1 aliphatic rings. The maximum Gasteiger partial charge on any atom is 0.244 e. The first-order valence-electron chi connectivity index (χ1n) is 9.99. The molecule has 0 bridgehead atoms. The molecule has 0 spiro atoms. The number of hydrogen-bond acceptors (Lipinski definition) is 3. The first kappa shape index (κ1) is 19.5. The van der Waals surface area contributed by atoms with Gasteiger partial charge < -0.3 is 10.2 Å². The summed E-state index contributed by atoms with van der Waals surface area (Å²) in [5.41, 5.74) is 2.02. The van der Waals surface area contributed by atoms with Gasteiger partial charge in [-0.2, -0.15) is 0 Å². The average Bonchev–Trinajstić information content (AvgIpc) is 3.25. The van der Waals surface area contributed by atoms with Crippen LogP contribution in [0.15, 0.2) is 78.2 Å². The van der Waals surface area contributed by atoms with Crippen LogP contribution in [0, 0.1) is 5.82 Å². The molecule has 1 unspecified atom stereocenters. The van der Waals surface area contributed by atoms with Gasteiger partial charge in [-0.1, -0.05) is 48.5 Å². The van der Waals surface area contributed by atoms with Gasteiger partial charge in [-0.25, -0.2) is 4.39 Å². The molecular weight excluding hydrogens is 411 g/mol. The fourth-order valence-electron chi connectivity index (χ4n) is 4.17. The number of nitrogens with zero attached hydrogens (tertiary/aromatic N) is 1. The number of halogens is 1. The van der Waals surface area contributed by atoms with Crippen molar-refractivity contribution in [2.45, 2.75) is 12.5 Å². The molecule has 4 nitrogen and oxygen atoms in total. The molecule has 2 heterocycles. The number of anilines is 1. The van der Waals surface area contributed by atoms with Gasteiger partial charge in [-0.05, 0) is 46.0 Å². The van der Waals surface area contributed by atoms with E-state index in [1.165, 1.54) is 23.5 Å². The molecule has 0 radical (unpaired) electrons. The Balaban J connectivity index is 1.58. The predicted molar refractivity (Wildman–Crippen MR) is 121 cm³/mol. The van der Waals surface area contributed by atoms with Gasteiger partial charge >= 0.3 is 0 Å². The van der Waals surface area contributed by atoms with Gasteiger partial charge in [-0.15, -0.1) is 11.3 Å². The largest absolute Gasteiger partial charge is 0.324 e. The number of nitrogens with one attached hydrogen (secondary N) is 1. The first-order valence-corrected chi connectivity index (χ1v) is 10.9. The van der Waals surface area contributed by atoms with Crippen LogP contribution in [0.4, 0.5) is 10.1 Å². The predicted octanol–water partition coefficient (Wildman–Crippen LogP) is 5.15. The minimum Gasteiger partial charge on any atom is -0.324 e. The lowest BCUT2D eigenvalue weighted by molar-refractivity contribution is -0.135. The fraction of sp³-hybridized carbons (Fsp3) is 0.120. The van der Waals surface area contributed by atoms with Crippen molar-refractivity contribution in [3.63, 3.8) is 0 Å². The summed E-state index contributed by atoms with van der Waals surface area (Å²) in [6.45, 7) is -0.0948. The lowest BCUT2D eigenvalue weighted by Gasteiger charge is -2.29. The number of carbonyl (C=O) groups excluding carboxylic acids is 2. The Morgan fingerprint density at radius 2 is 1.90 bits per heavy atom. The zero-order valence-corrected chi connectivity index (χ0v) is 17.4. The smallest absolute Gasteiger partial charge is 0.244 e. The van der Waals surface area contributed by atoms with E-state index in [1.807, 2.05) is 60.0 Å². The van der Waals surface area contributed by atoms with Crippen LogP contribution >= 0.6 is 11.3 Å². The number of carbonyl (C=O) groups is 2. The molecule has 0 fully saturated rings. The third-order valence-corrected chi connectivity index (χ3v) is 6.49. The molecule has 0 saturated carbocycles. The van der Waals surface area contributed by atoms with Gasteiger partial charge in [-0.3, -0.25) is 9.59 Å². The lowest BCUT2D eigenvalue weighted by atomic mass is 9.99. The van der Waals surface area contributed by atoms with Gasteiger partial charge in [0.05, 0.1) is 12.5 Å². The number of rotatable bonds is 3. The second-order valence-corrected chi connectivity index (χ2v) is 8.51. The van der Waals surface area contributed by atoms with Crippen LogP contribution in [0.25, 0.3) is 10.8 Å². The zero-order valence-electron chi connectivity index (χ0n) is 16.5. The maximum absolute atomic E-state index is 14.2. The van der Waals surface area contributed by atoms with Crippen molar-refractivity contribution in [2.75, 3.05) is 11.9 Å². The second kappa shape index (κ2) is 7.96. The number of hydrogen-bond donors (Lipinski definition) is 1. The molecule has 154 valence electrons. The highest BCUT2D eigenvalue weighted by molar-refractivity contribution is 7.10. The summed E-state index contributed by atoms with van der Waals surface area (Å²) >= 11 is 1.48. The highest BCUT2D eigenvalue weighted by Crippen LogP contribution is 2.38. The third-order valence-electron chi connectivity index (χ3n) is 5.56. The molecule has 1 aliphatic heterocycles. The van der Waals surface area contributed by atoms with E-state index in [9.17, 15) is 14.0 Å². The summed E-state index contributed by atoms with van der Waals surface area (Å²) in [7, 11) is 0. The van der Waals surface area contributed by atoms with Crippen LogP contribution in [0.2, 0.25) is 0 Å². The Kier molecular flexibility index (Phi) is 5.00. The molecule has 6 heteroatoms. The lowest BCUT2D eigenvalue weighted by Crippen LogP contribution is -2.39. The molecule has 2 amide bonds. The summed E-state index contributed by atoms with van der Waals surface area (Å²) in [4.78, 5) is 28.6. The molecule has 1 aromatic heterocycles. The van der Waals surface area contributed by atoms with Crippen molar-refractivity contribution in [2.24, 2.45) is 0 Å². The van der Waals surface area contributed by atoms with E-state index in [0.717, 1.165) is 21.2 Å². The normalized spacial score (nSPS) is 16.0. The Bertz CT molecular complexity index is 1280. The quantitative estimate of drug-likeness (QED) is 0.489. The summed E-state index contributed by atoms with van der Waals surface area (Å²) in [5.74, 6) is -0.877. The van der Waals surface area contributed by atoms with Crippen molar-refractivity contribution in [3.05, 3.63) is 100.0 Å². The molecule has 0 saturated heterocycles. The molecule has 1 atom stereocenters. The second-order valence-electron chi connectivity index (χ2n) is 7.53. The topological polar surface area (TPSA) is 49.4 Å². The van der Waals surface area contributed by atoms with E-state index in [0.29, 0.717) is 11.3 Å². The van der Waals surface area contributed by atoms with Gasteiger partial charge in [0, 0.05) is 16.1 Å². The molecule has 0 aliphatic carbocycles. The number of thiophene rings is 1. The van der Waals surface area contributed by atoms with E-state index in [1.54, 1.807) is 11.0 Å². The van der Waals surface area contributed by atoms with Crippen LogP contribution in [0.3, 0.4) is 0 Å². The number of benzene rings is 3. The van der Waals surface area contributed by atoms with Crippen LogP contribution in [0.5, 0.6) is 0 Å². The van der Waals surface area contributed by atoms with Gasteiger partial charge in [0.2, 0.25) is 11.8 Å². The van der Waals surface area contributed by atoms with Gasteiger partial charge in [0.15, 0.2) is 0 Å². The SMILES string of the molecule is O=C1CN(C(=O)Cc2cccc3ccccc23)C(c2cccs2)c2cc(F)ccc2N1. The first-order chi connectivity index (χ1) is 15.1. The standard InChI is InChI=1S/C25H19FN2O2S/c26-18-10-11-21-20(14-18)25(22-9-4-12-31-22)28(15-23(29)27-21)24(30)13-17-7-3-6-16-5-1-2-8-19(16)17/h1-12,14,25H,13,15H2,(H,27,29). The molecule has 5 rings (SSSR count). The molecule has 4 aromatic rings. The third kappa shape index (κ3) is 3.70. The molecule has 3 aromatic carbocycles. The maximum atomic E-state index is 14.2. The van der Waals surface area contributed by atoms with E-state index in [-0.39, 0.29) is 24.8 Å². The Morgan fingerprint density at radius 3 is 2.74 bits per heavy atom. The fourth-order valence-corrected chi connectivity index (χ4v) is 5.03. The van der Waals surface area contributed by atoms with Crippen molar-refractivity contribution < 1.29 is 14.0 Å². The molecule has 31 heavy (non-hydrogen) atoms. The van der Waals surface area contributed by atoms with E-state index in [2.05, 4.69) is 5.32 Å². The Labute approximate surface area is 182 Å². The Hall–Kier alpha value is -3.51. The highest BCUT2D eigenvalue weighted by atomic mass is 32.1. The average molecular weight is 431 g/mol. The van der Waals surface area contributed by atoms with Crippen molar-refractivity contribution in [1.82, 2.24) is 4.90 Å². The summed E-state index contributed by atoms with van der Waals surface area (Å²) in [6.07, 6.45) is 0.154. The minimum atomic E-state index is -0.535. The summed E-state index contributed by atoms with van der Waals surface area (Å²) in [5, 5.41) is 6.81. The number of fused-ring (bicyclic) bond motifs is 2. The van der Waals surface area contributed by atoms with Gasteiger partial charge in [0.25, 0.3) is 0 Å². The van der Waals surface area contributed by atoms with E-state index < -0.39 is 11.9 Å². The van der Waals surface area contributed by atoms with Crippen molar-refractivity contribution in [3.8, 4) is 0 Å². The summed E-state index contributed by atoms with van der Waals surface area (Å²) < 4.78 is 14.2. The Morgan fingerprint density at radius 1 is 1.06 bits per heavy atom. The van der Waals surface area contributed by atoms with E-state index >= 15 is 0 Å².